The largest absolute Gasteiger partial charge is 0.351 e. The van der Waals surface area contributed by atoms with Crippen molar-refractivity contribution in [3.8, 4) is 0 Å². The van der Waals surface area contributed by atoms with Crippen LogP contribution in [-0.4, -0.2) is 28.8 Å². The molecule has 1 aromatic rings. The molecule has 0 bridgehead atoms. The van der Waals surface area contributed by atoms with Gasteiger partial charge in [-0.25, -0.2) is 0 Å². The number of β-lactam (4-membered cyclic amide) rings is 1. The first kappa shape index (κ1) is 17.6. The van der Waals surface area contributed by atoms with Gasteiger partial charge >= 0.3 is 0 Å². The van der Waals surface area contributed by atoms with Crippen LogP contribution >= 0.6 is 11.6 Å². The molecule has 2 fully saturated rings. The van der Waals surface area contributed by atoms with Crippen molar-refractivity contribution >= 4 is 23.4 Å². The highest BCUT2D eigenvalue weighted by Gasteiger charge is 2.52. The van der Waals surface area contributed by atoms with Crippen molar-refractivity contribution < 1.29 is 9.59 Å². The normalized spacial score (nSPS) is 26.8. The lowest BCUT2D eigenvalue weighted by Crippen LogP contribution is -2.64. The summed E-state index contributed by atoms with van der Waals surface area (Å²) in [5, 5.41) is 3.80. The smallest absolute Gasteiger partial charge is 0.247 e. The first-order valence-corrected chi connectivity index (χ1v) is 10.1. The Labute approximate surface area is 159 Å². The van der Waals surface area contributed by atoms with E-state index in [4.69, 9.17) is 11.6 Å². The second-order valence-corrected chi connectivity index (χ2v) is 8.10. The Hall–Kier alpha value is -1.81. The Kier molecular flexibility index (Phi) is 5.03. The SMILES string of the molecule is O=C(NC1CCCCC1)C(c1cccc(Cl)c1)N1C(=O)[C@@H]2CC=CC[C@@H]21. The van der Waals surface area contributed by atoms with Crippen LogP contribution in [-0.2, 0) is 9.59 Å². The highest BCUT2D eigenvalue weighted by Crippen LogP contribution is 2.42. The molecular weight excluding hydrogens is 348 g/mol. The van der Waals surface area contributed by atoms with E-state index in [-0.39, 0.29) is 29.8 Å². The van der Waals surface area contributed by atoms with Gasteiger partial charge in [0, 0.05) is 17.1 Å². The molecule has 4 rings (SSSR count). The molecule has 1 aromatic carbocycles. The van der Waals surface area contributed by atoms with E-state index < -0.39 is 6.04 Å². The summed E-state index contributed by atoms with van der Waals surface area (Å²) >= 11 is 6.18. The van der Waals surface area contributed by atoms with Gasteiger partial charge in [-0.3, -0.25) is 9.59 Å². The van der Waals surface area contributed by atoms with E-state index in [1.54, 1.807) is 11.0 Å². The number of likely N-dealkylation sites (tertiary alicyclic amines) is 1. The molecule has 0 spiro atoms. The summed E-state index contributed by atoms with van der Waals surface area (Å²) in [7, 11) is 0. The lowest BCUT2D eigenvalue weighted by atomic mass is 9.77. The number of allylic oxidation sites excluding steroid dienone is 1. The molecule has 0 radical (unpaired) electrons. The van der Waals surface area contributed by atoms with Crippen LogP contribution in [0.1, 0.15) is 56.6 Å². The molecule has 1 saturated carbocycles. The minimum absolute atomic E-state index is 0.0316. The molecule has 1 heterocycles. The summed E-state index contributed by atoms with van der Waals surface area (Å²) in [4.78, 5) is 27.8. The predicted molar refractivity (Wildman–Crippen MR) is 102 cm³/mol. The zero-order valence-corrected chi connectivity index (χ0v) is 15.6. The molecule has 1 unspecified atom stereocenters. The summed E-state index contributed by atoms with van der Waals surface area (Å²) in [5.41, 5.74) is 0.798. The molecule has 3 aliphatic rings. The van der Waals surface area contributed by atoms with Crippen LogP contribution < -0.4 is 5.32 Å². The third kappa shape index (κ3) is 3.27. The molecule has 4 nitrogen and oxygen atoms in total. The number of halogens is 1. The molecule has 1 aliphatic heterocycles. The van der Waals surface area contributed by atoms with Gasteiger partial charge in [-0.15, -0.1) is 0 Å². The maximum Gasteiger partial charge on any atom is 0.247 e. The molecular formula is C21H25ClN2O2. The highest BCUT2D eigenvalue weighted by atomic mass is 35.5. The monoisotopic (exact) mass is 372 g/mol. The van der Waals surface area contributed by atoms with E-state index in [0.29, 0.717) is 5.02 Å². The first-order chi connectivity index (χ1) is 12.6. The lowest BCUT2D eigenvalue weighted by Gasteiger charge is -2.51. The summed E-state index contributed by atoms with van der Waals surface area (Å²) < 4.78 is 0. The molecule has 1 saturated heterocycles. The number of fused-ring (bicyclic) bond motifs is 1. The van der Waals surface area contributed by atoms with E-state index >= 15 is 0 Å². The van der Waals surface area contributed by atoms with Crippen molar-refractivity contribution in [1.82, 2.24) is 10.2 Å². The second-order valence-electron chi connectivity index (χ2n) is 7.66. The van der Waals surface area contributed by atoms with Crippen LogP contribution in [0.2, 0.25) is 5.02 Å². The number of carbonyl (C=O) groups is 2. The molecule has 1 N–H and O–H groups in total. The Bertz CT molecular complexity index is 726. The number of nitrogens with zero attached hydrogens (tertiary/aromatic N) is 1. The van der Waals surface area contributed by atoms with Crippen molar-refractivity contribution in [2.75, 3.05) is 0 Å². The van der Waals surface area contributed by atoms with Gasteiger partial charge in [0.15, 0.2) is 0 Å². The van der Waals surface area contributed by atoms with Crippen LogP contribution in [0.25, 0.3) is 0 Å². The summed E-state index contributed by atoms with van der Waals surface area (Å²) in [6, 6.07) is 7.11. The van der Waals surface area contributed by atoms with Gasteiger partial charge in [-0.05, 0) is 43.4 Å². The Balaban J connectivity index is 1.60. The maximum atomic E-state index is 13.2. The minimum atomic E-state index is -0.587. The fraction of sp³-hybridized carbons (Fsp3) is 0.524. The van der Waals surface area contributed by atoms with Crippen molar-refractivity contribution in [2.45, 2.75) is 63.1 Å². The fourth-order valence-corrected chi connectivity index (χ4v) is 4.80. The van der Waals surface area contributed by atoms with Crippen LogP contribution in [0.5, 0.6) is 0 Å². The van der Waals surface area contributed by atoms with Gasteiger partial charge in [0.1, 0.15) is 6.04 Å². The zero-order valence-electron chi connectivity index (χ0n) is 14.9. The maximum absolute atomic E-state index is 13.2. The topological polar surface area (TPSA) is 49.4 Å². The van der Waals surface area contributed by atoms with Gasteiger partial charge in [0.2, 0.25) is 11.8 Å². The van der Waals surface area contributed by atoms with Crippen LogP contribution in [0.4, 0.5) is 0 Å². The van der Waals surface area contributed by atoms with E-state index in [1.165, 1.54) is 6.42 Å². The third-order valence-corrected chi connectivity index (χ3v) is 6.21. The number of benzene rings is 1. The predicted octanol–water partition coefficient (Wildman–Crippen LogP) is 4.01. The average Bonchev–Trinajstić information content (AvgIpc) is 2.66. The minimum Gasteiger partial charge on any atom is -0.351 e. The molecule has 138 valence electrons. The standard InChI is InChI=1S/C21H25ClN2O2/c22-15-8-6-7-14(13-15)19(20(25)23-16-9-2-1-3-10-16)24-18-12-5-4-11-17(18)21(24)26/h4-8,13,16-19H,1-3,9-12H2,(H,23,25)/t17-,18+,19?/m1/s1. The van der Waals surface area contributed by atoms with E-state index in [1.807, 2.05) is 18.2 Å². The summed E-state index contributed by atoms with van der Waals surface area (Å²) in [6.07, 6.45) is 11.4. The molecule has 5 heteroatoms. The summed E-state index contributed by atoms with van der Waals surface area (Å²) in [6.45, 7) is 0. The molecule has 26 heavy (non-hydrogen) atoms. The number of hydrogen-bond acceptors (Lipinski definition) is 2. The molecule has 3 atom stereocenters. The third-order valence-electron chi connectivity index (χ3n) is 5.97. The van der Waals surface area contributed by atoms with Crippen molar-refractivity contribution in [1.29, 1.82) is 0 Å². The zero-order chi connectivity index (χ0) is 18.1. The van der Waals surface area contributed by atoms with E-state index in [2.05, 4.69) is 17.5 Å². The van der Waals surface area contributed by atoms with Gasteiger partial charge in [0.05, 0.1) is 5.92 Å². The first-order valence-electron chi connectivity index (χ1n) is 9.68. The van der Waals surface area contributed by atoms with Crippen LogP contribution in [0.15, 0.2) is 36.4 Å². The number of hydrogen-bond donors (Lipinski definition) is 1. The van der Waals surface area contributed by atoms with E-state index in [0.717, 1.165) is 44.1 Å². The molecule has 2 aliphatic carbocycles. The second kappa shape index (κ2) is 7.43. The van der Waals surface area contributed by atoms with Gasteiger partial charge in [-0.1, -0.05) is 55.1 Å². The Morgan fingerprint density at radius 2 is 1.92 bits per heavy atom. The lowest BCUT2D eigenvalue weighted by molar-refractivity contribution is -0.165. The number of nitrogens with one attached hydrogen (secondary N) is 1. The van der Waals surface area contributed by atoms with E-state index in [9.17, 15) is 9.59 Å². The van der Waals surface area contributed by atoms with Crippen LogP contribution in [0.3, 0.4) is 0 Å². The highest BCUT2D eigenvalue weighted by molar-refractivity contribution is 6.30. The van der Waals surface area contributed by atoms with Gasteiger partial charge in [0.25, 0.3) is 0 Å². The van der Waals surface area contributed by atoms with Gasteiger partial charge in [-0.2, -0.15) is 0 Å². The number of rotatable bonds is 4. The van der Waals surface area contributed by atoms with Gasteiger partial charge < -0.3 is 10.2 Å². The van der Waals surface area contributed by atoms with Crippen molar-refractivity contribution in [3.63, 3.8) is 0 Å². The number of carbonyl (C=O) groups excluding carboxylic acids is 2. The summed E-state index contributed by atoms with van der Waals surface area (Å²) in [5.74, 6) is 0.0489. The van der Waals surface area contributed by atoms with Crippen molar-refractivity contribution in [3.05, 3.63) is 47.0 Å². The Morgan fingerprint density at radius 3 is 2.69 bits per heavy atom. The molecule has 0 aromatic heterocycles. The molecule has 2 amide bonds. The van der Waals surface area contributed by atoms with Crippen molar-refractivity contribution in [2.24, 2.45) is 5.92 Å². The quantitative estimate of drug-likeness (QED) is 0.641. The average molecular weight is 373 g/mol. The fourth-order valence-electron chi connectivity index (χ4n) is 4.61. The Morgan fingerprint density at radius 1 is 1.15 bits per heavy atom. The number of amides is 2. The van der Waals surface area contributed by atoms with Crippen LogP contribution in [0, 0.1) is 5.92 Å².